The Morgan fingerprint density at radius 1 is 1.04 bits per heavy atom. The van der Waals surface area contributed by atoms with Gasteiger partial charge in [0.15, 0.2) is 23.0 Å². The Balaban J connectivity index is 1.50. The summed E-state index contributed by atoms with van der Waals surface area (Å²) < 4.78 is 21.2. The normalized spacial score (nSPS) is 20.9. The Morgan fingerprint density at radius 3 is 2.65 bits per heavy atom. The van der Waals surface area contributed by atoms with Gasteiger partial charge in [-0.3, -0.25) is 4.79 Å². The van der Waals surface area contributed by atoms with Crippen molar-refractivity contribution in [1.82, 2.24) is 0 Å². The van der Waals surface area contributed by atoms with E-state index in [0.29, 0.717) is 18.8 Å². The number of benzene rings is 2. The highest BCUT2D eigenvalue weighted by molar-refractivity contribution is 5.75. The van der Waals surface area contributed by atoms with E-state index in [1.165, 1.54) is 7.11 Å². The van der Waals surface area contributed by atoms with E-state index in [1.807, 2.05) is 18.2 Å². The van der Waals surface area contributed by atoms with Crippen LogP contribution in [0.5, 0.6) is 23.0 Å². The van der Waals surface area contributed by atoms with Crippen molar-refractivity contribution in [2.45, 2.75) is 12.8 Å². The lowest BCUT2D eigenvalue weighted by atomic mass is 9.85. The van der Waals surface area contributed by atoms with Gasteiger partial charge in [-0.05, 0) is 48.2 Å². The first-order chi connectivity index (χ1) is 12.6. The zero-order chi connectivity index (χ0) is 18.1. The predicted octanol–water partition coefficient (Wildman–Crippen LogP) is 2.70. The van der Waals surface area contributed by atoms with E-state index in [-0.39, 0.29) is 30.3 Å². The summed E-state index contributed by atoms with van der Waals surface area (Å²) in [5, 5.41) is 9.73. The average molecular weight is 356 g/mol. The van der Waals surface area contributed by atoms with Gasteiger partial charge in [-0.15, -0.1) is 0 Å². The number of cyclic esters (lactones) is 1. The van der Waals surface area contributed by atoms with Crippen molar-refractivity contribution >= 4 is 5.97 Å². The van der Waals surface area contributed by atoms with Gasteiger partial charge in [-0.1, -0.05) is 12.1 Å². The molecular weight excluding hydrogens is 336 g/mol. The van der Waals surface area contributed by atoms with Crippen molar-refractivity contribution in [3.8, 4) is 23.0 Å². The summed E-state index contributed by atoms with van der Waals surface area (Å²) in [5.41, 5.74) is 2.02. The minimum atomic E-state index is -0.227. The van der Waals surface area contributed by atoms with Gasteiger partial charge in [0.2, 0.25) is 6.79 Å². The fraction of sp³-hybridized carbons (Fsp3) is 0.350. The van der Waals surface area contributed by atoms with Crippen LogP contribution in [0.4, 0.5) is 0 Å². The topological polar surface area (TPSA) is 74.2 Å². The Labute approximate surface area is 151 Å². The smallest absolute Gasteiger partial charge is 0.309 e. The molecule has 2 aliphatic heterocycles. The average Bonchev–Trinajstić information content (AvgIpc) is 3.24. The summed E-state index contributed by atoms with van der Waals surface area (Å²) in [6, 6.07) is 11.0. The van der Waals surface area contributed by atoms with Gasteiger partial charge in [0, 0.05) is 5.92 Å². The predicted molar refractivity (Wildman–Crippen MR) is 92.6 cm³/mol. The van der Waals surface area contributed by atoms with Crippen LogP contribution < -0.4 is 14.2 Å². The first kappa shape index (κ1) is 16.6. The second-order valence-electron chi connectivity index (χ2n) is 6.60. The van der Waals surface area contributed by atoms with E-state index in [0.717, 1.165) is 29.0 Å². The van der Waals surface area contributed by atoms with E-state index >= 15 is 0 Å². The molecule has 0 amide bonds. The number of phenolic OH excluding ortho intramolecular Hbond substituents is 1. The van der Waals surface area contributed by atoms with Crippen LogP contribution in [0.15, 0.2) is 36.4 Å². The second kappa shape index (κ2) is 6.78. The summed E-state index contributed by atoms with van der Waals surface area (Å²) in [4.78, 5) is 12.2. The monoisotopic (exact) mass is 356 g/mol. The van der Waals surface area contributed by atoms with Crippen LogP contribution in [-0.2, 0) is 22.4 Å². The first-order valence-electron chi connectivity index (χ1n) is 8.55. The highest BCUT2D eigenvalue weighted by Crippen LogP contribution is 2.36. The molecule has 4 rings (SSSR count). The van der Waals surface area contributed by atoms with Crippen molar-refractivity contribution in [2.24, 2.45) is 11.8 Å². The van der Waals surface area contributed by atoms with E-state index in [9.17, 15) is 9.90 Å². The van der Waals surface area contributed by atoms with Crippen molar-refractivity contribution in [3.05, 3.63) is 47.5 Å². The molecule has 2 aromatic rings. The van der Waals surface area contributed by atoms with Gasteiger partial charge in [0.25, 0.3) is 0 Å². The highest BCUT2D eigenvalue weighted by atomic mass is 16.7. The van der Waals surface area contributed by atoms with Crippen LogP contribution in [0.2, 0.25) is 0 Å². The van der Waals surface area contributed by atoms with Crippen LogP contribution in [0.3, 0.4) is 0 Å². The molecule has 1 fully saturated rings. The third-order valence-electron chi connectivity index (χ3n) is 4.95. The van der Waals surface area contributed by atoms with Crippen molar-refractivity contribution < 1.29 is 28.8 Å². The van der Waals surface area contributed by atoms with Gasteiger partial charge in [-0.25, -0.2) is 0 Å². The highest BCUT2D eigenvalue weighted by Gasteiger charge is 2.37. The van der Waals surface area contributed by atoms with E-state index in [1.54, 1.807) is 18.2 Å². The number of carbonyl (C=O) groups excluding carboxylic acids is 1. The minimum absolute atomic E-state index is 0.0853. The zero-order valence-electron chi connectivity index (χ0n) is 14.4. The van der Waals surface area contributed by atoms with Crippen LogP contribution in [0.1, 0.15) is 11.1 Å². The fourth-order valence-corrected chi connectivity index (χ4v) is 3.53. The van der Waals surface area contributed by atoms with Crippen LogP contribution in [0, 0.1) is 11.8 Å². The number of phenols is 1. The molecule has 2 aliphatic rings. The number of fused-ring (bicyclic) bond motifs is 1. The van der Waals surface area contributed by atoms with Crippen molar-refractivity contribution in [2.75, 3.05) is 20.5 Å². The molecule has 6 nitrogen and oxygen atoms in total. The standard InChI is InChI=1S/C20H20O6/c1-23-18-8-13(2-4-16(18)21)7-15-14(10-24-20(15)22)6-12-3-5-17-19(9-12)26-11-25-17/h2-5,8-9,14-15,21H,6-7,10-11H2,1H3/t14-,15+/m1/s1. The van der Waals surface area contributed by atoms with Gasteiger partial charge < -0.3 is 24.1 Å². The number of methoxy groups -OCH3 is 1. The summed E-state index contributed by atoms with van der Waals surface area (Å²) in [6.45, 7) is 0.655. The molecule has 2 aromatic carbocycles. The third-order valence-corrected chi connectivity index (χ3v) is 4.95. The zero-order valence-corrected chi connectivity index (χ0v) is 14.4. The maximum Gasteiger partial charge on any atom is 0.309 e. The summed E-state index contributed by atoms with van der Waals surface area (Å²) in [5.74, 6) is 1.66. The molecule has 0 unspecified atom stereocenters. The molecule has 0 radical (unpaired) electrons. The van der Waals surface area contributed by atoms with Crippen LogP contribution in [-0.4, -0.2) is 31.6 Å². The largest absolute Gasteiger partial charge is 0.504 e. The molecule has 6 heteroatoms. The van der Waals surface area contributed by atoms with Gasteiger partial charge in [0.05, 0.1) is 19.6 Å². The first-order valence-corrected chi connectivity index (χ1v) is 8.55. The quantitative estimate of drug-likeness (QED) is 0.831. The molecule has 2 atom stereocenters. The number of hydrogen-bond donors (Lipinski definition) is 1. The molecular formula is C20H20O6. The number of ether oxygens (including phenoxy) is 4. The lowest BCUT2D eigenvalue weighted by Gasteiger charge is -2.16. The fourth-order valence-electron chi connectivity index (χ4n) is 3.53. The van der Waals surface area contributed by atoms with Crippen LogP contribution >= 0.6 is 0 Å². The Morgan fingerprint density at radius 2 is 1.81 bits per heavy atom. The minimum Gasteiger partial charge on any atom is -0.504 e. The Kier molecular flexibility index (Phi) is 4.32. The molecule has 1 N–H and O–H groups in total. The lowest BCUT2D eigenvalue weighted by molar-refractivity contribution is -0.141. The molecule has 1 saturated heterocycles. The van der Waals surface area contributed by atoms with Gasteiger partial charge in [0.1, 0.15) is 0 Å². The number of aromatic hydroxyl groups is 1. The lowest BCUT2D eigenvalue weighted by Crippen LogP contribution is -2.20. The summed E-state index contributed by atoms with van der Waals surface area (Å²) in [6.07, 6.45) is 1.27. The maximum absolute atomic E-state index is 12.2. The van der Waals surface area contributed by atoms with Crippen LogP contribution in [0.25, 0.3) is 0 Å². The Hall–Kier alpha value is -2.89. The summed E-state index contributed by atoms with van der Waals surface area (Å²) in [7, 11) is 1.51. The molecule has 0 aliphatic carbocycles. The second-order valence-corrected chi connectivity index (χ2v) is 6.60. The van der Waals surface area contributed by atoms with E-state index in [2.05, 4.69) is 0 Å². The molecule has 136 valence electrons. The molecule has 2 heterocycles. The van der Waals surface area contributed by atoms with Gasteiger partial charge >= 0.3 is 5.97 Å². The number of rotatable bonds is 5. The van der Waals surface area contributed by atoms with E-state index in [4.69, 9.17) is 18.9 Å². The maximum atomic E-state index is 12.2. The summed E-state index contributed by atoms with van der Waals surface area (Å²) >= 11 is 0. The third kappa shape index (κ3) is 3.14. The van der Waals surface area contributed by atoms with Crippen molar-refractivity contribution in [3.63, 3.8) is 0 Å². The number of esters is 1. The molecule has 26 heavy (non-hydrogen) atoms. The molecule has 0 bridgehead atoms. The Bertz CT molecular complexity index is 831. The molecule has 0 aromatic heterocycles. The number of carbonyl (C=O) groups is 1. The SMILES string of the molecule is COc1cc(C[C@@H]2C(=O)OC[C@H]2Cc2ccc3c(c2)OCO3)ccc1O. The van der Waals surface area contributed by atoms with Crippen molar-refractivity contribution in [1.29, 1.82) is 0 Å². The molecule has 0 spiro atoms. The molecule has 0 saturated carbocycles. The van der Waals surface area contributed by atoms with E-state index < -0.39 is 0 Å². The number of hydrogen-bond acceptors (Lipinski definition) is 6. The van der Waals surface area contributed by atoms with Gasteiger partial charge in [-0.2, -0.15) is 0 Å².